The van der Waals surface area contributed by atoms with Crippen molar-refractivity contribution in [1.82, 2.24) is 0 Å². The number of alkyl halides is 2. The van der Waals surface area contributed by atoms with Crippen molar-refractivity contribution in [2.75, 3.05) is 5.32 Å². The molecule has 0 spiro atoms. The van der Waals surface area contributed by atoms with Crippen LogP contribution in [0.15, 0.2) is 28.7 Å². The molecule has 2 rings (SSSR count). The summed E-state index contributed by atoms with van der Waals surface area (Å²) < 4.78 is 56.4. The van der Waals surface area contributed by atoms with Gasteiger partial charge in [0.15, 0.2) is 0 Å². The maximum atomic E-state index is 13.6. The van der Waals surface area contributed by atoms with Crippen molar-refractivity contribution in [2.24, 2.45) is 0 Å². The standard InChI is InChI=1S/C14H13F4NOS/c1-8-4-12(16)13(5-11(8)15)19-6-9-2-3-10(20-9)7-21-14(17)18/h2-5,14,19H,6-7H2,1H3. The summed E-state index contributed by atoms with van der Waals surface area (Å²) in [4.78, 5) is 0. The number of rotatable bonds is 6. The number of benzene rings is 1. The number of aryl methyl sites for hydroxylation is 1. The fraction of sp³-hybridized carbons (Fsp3) is 0.286. The molecule has 21 heavy (non-hydrogen) atoms. The first-order chi connectivity index (χ1) is 9.95. The van der Waals surface area contributed by atoms with Crippen LogP contribution in [0.5, 0.6) is 0 Å². The van der Waals surface area contributed by atoms with Crippen LogP contribution in [0.3, 0.4) is 0 Å². The number of nitrogens with one attached hydrogen (secondary N) is 1. The highest BCUT2D eigenvalue weighted by Crippen LogP contribution is 2.23. The smallest absolute Gasteiger partial charge is 0.284 e. The van der Waals surface area contributed by atoms with Crippen LogP contribution in [0, 0.1) is 18.6 Å². The summed E-state index contributed by atoms with van der Waals surface area (Å²) in [6.45, 7) is 1.61. The molecule has 0 aliphatic rings. The SMILES string of the molecule is Cc1cc(F)c(NCc2ccc(CSC(F)F)o2)cc1F. The normalized spacial score (nSPS) is 11.1. The Morgan fingerprint density at radius 3 is 2.57 bits per heavy atom. The molecule has 0 unspecified atom stereocenters. The van der Waals surface area contributed by atoms with Gasteiger partial charge >= 0.3 is 0 Å². The molecule has 114 valence electrons. The van der Waals surface area contributed by atoms with Crippen molar-refractivity contribution >= 4 is 17.4 Å². The van der Waals surface area contributed by atoms with Crippen LogP contribution in [-0.2, 0) is 12.3 Å². The second-order valence-corrected chi connectivity index (χ2v) is 5.35. The summed E-state index contributed by atoms with van der Waals surface area (Å²) in [7, 11) is 0. The Hall–Kier alpha value is -1.63. The van der Waals surface area contributed by atoms with Gasteiger partial charge in [-0.3, -0.25) is 0 Å². The number of anilines is 1. The Morgan fingerprint density at radius 1 is 1.14 bits per heavy atom. The Morgan fingerprint density at radius 2 is 1.86 bits per heavy atom. The fourth-order valence-electron chi connectivity index (χ4n) is 1.70. The molecule has 1 aromatic heterocycles. The van der Waals surface area contributed by atoms with Crippen LogP contribution < -0.4 is 5.32 Å². The van der Waals surface area contributed by atoms with E-state index in [9.17, 15) is 17.6 Å². The molecule has 0 fully saturated rings. The van der Waals surface area contributed by atoms with E-state index in [2.05, 4.69) is 5.32 Å². The van der Waals surface area contributed by atoms with E-state index >= 15 is 0 Å². The Kier molecular flexibility index (Phi) is 5.17. The lowest BCUT2D eigenvalue weighted by Gasteiger charge is -2.07. The number of halogens is 4. The van der Waals surface area contributed by atoms with Crippen LogP contribution in [0.25, 0.3) is 0 Å². The van der Waals surface area contributed by atoms with Gasteiger partial charge in [0.25, 0.3) is 5.76 Å². The highest BCUT2D eigenvalue weighted by molar-refractivity contribution is 7.98. The van der Waals surface area contributed by atoms with E-state index in [1.165, 1.54) is 6.92 Å². The molecular formula is C14H13F4NOS. The van der Waals surface area contributed by atoms with Crippen molar-refractivity contribution in [3.05, 3.63) is 53.0 Å². The van der Waals surface area contributed by atoms with Gasteiger partial charge in [-0.15, -0.1) is 0 Å². The van der Waals surface area contributed by atoms with Crippen molar-refractivity contribution in [1.29, 1.82) is 0 Å². The lowest BCUT2D eigenvalue weighted by Crippen LogP contribution is -2.02. The van der Waals surface area contributed by atoms with E-state index in [1.54, 1.807) is 12.1 Å². The molecule has 0 saturated carbocycles. The summed E-state index contributed by atoms with van der Waals surface area (Å²) >= 11 is 0.461. The van der Waals surface area contributed by atoms with E-state index in [-0.39, 0.29) is 23.5 Å². The Labute approximate surface area is 123 Å². The number of furan rings is 1. The van der Waals surface area contributed by atoms with Gasteiger partial charge < -0.3 is 9.73 Å². The molecule has 1 N–H and O–H groups in total. The summed E-state index contributed by atoms with van der Waals surface area (Å²) in [6, 6.07) is 5.36. The zero-order valence-corrected chi connectivity index (χ0v) is 11.9. The fourth-order valence-corrected chi connectivity index (χ4v) is 2.15. The molecule has 1 aromatic carbocycles. The molecule has 0 aliphatic carbocycles. The second-order valence-electron chi connectivity index (χ2n) is 4.37. The van der Waals surface area contributed by atoms with Gasteiger partial charge in [0.1, 0.15) is 23.2 Å². The van der Waals surface area contributed by atoms with Crippen LogP contribution in [0.4, 0.5) is 23.2 Å². The third-order valence-corrected chi connectivity index (χ3v) is 3.47. The summed E-state index contributed by atoms with van der Waals surface area (Å²) in [5, 5.41) is 2.71. The number of hydrogen-bond acceptors (Lipinski definition) is 3. The first-order valence-electron chi connectivity index (χ1n) is 6.12. The van der Waals surface area contributed by atoms with E-state index < -0.39 is 17.4 Å². The molecule has 0 amide bonds. The molecule has 7 heteroatoms. The highest BCUT2D eigenvalue weighted by Gasteiger charge is 2.09. The van der Waals surface area contributed by atoms with Crippen LogP contribution in [0.1, 0.15) is 17.1 Å². The van der Waals surface area contributed by atoms with Gasteiger partial charge in [0, 0.05) is 6.07 Å². The van der Waals surface area contributed by atoms with Gasteiger partial charge in [-0.25, -0.2) is 8.78 Å². The van der Waals surface area contributed by atoms with Gasteiger partial charge in [-0.2, -0.15) is 8.78 Å². The summed E-state index contributed by atoms with van der Waals surface area (Å²) in [5.74, 6) is -2.60. The molecule has 0 bridgehead atoms. The van der Waals surface area contributed by atoms with Crippen molar-refractivity contribution in [3.8, 4) is 0 Å². The molecule has 2 aromatic rings. The van der Waals surface area contributed by atoms with E-state index in [0.717, 1.165) is 12.1 Å². The minimum atomic E-state index is -2.46. The highest BCUT2D eigenvalue weighted by atomic mass is 32.2. The van der Waals surface area contributed by atoms with Crippen LogP contribution in [-0.4, -0.2) is 5.76 Å². The van der Waals surface area contributed by atoms with Crippen molar-refractivity contribution in [3.63, 3.8) is 0 Å². The molecule has 0 radical (unpaired) electrons. The lowest BCUT2D eigenvalue weighted by molar-refractivity contribution is 0.251. The lowest BCUT2D eigenvalue weighted by atomic mass is 10.2. The second kappa shape index (κ2) is 6.89. The zero-order chi connectivity index (χ0) is 15.4. The average molecular weight is 319 g/mol. The minimum Gasteiger partial charge on any atom is -0.463 e. The quantitative estimate of drug-likeness (QED) is 0.764. The van der Waals surface area contributed by atoms with E-state index in [1.807, 2.05) is 0 Å². The maximum Gasteiger partial charge on any atom is 0.284 e. The molecule has 0 atom stereocenters. The zero-order valence-electron chi connectivity index (χ0n) is 11.1. The molecule has 1 heterocycles. The predicted octanol–water partition coefficient (Wildman–Crippen LogP) is 4.93. The first kappa shape index (κ1) is 15.8. The van der Waals surface area contributed by atoms with Crippen molar-refractivity contribution < 1.29 is 22.0 Å². The third kappa shape index (κ3) is 4.42. The Balaban J connectivity index is 1.96. The topological polar surface area (TPSA) is 25.2 Å². The van der Waals surface area contributed by atoms with Crippen LogP contribution in [0.2, 0.25) is 0 Å². The monoisotopic (exact) mass is 319 g/mol. The molecule has 0 saturated heterocycles. The Bertz CT molecular complexity index is 615. The molecule has 0 aliphatic heterocycles. The van der Waals surface area contributed by atoms with E-state index in [4.69, 9.17) is 4.42 Å². The number of hydrogen-bond donors (Lipinski definition) is 1. The minimum absolute atomic E-state index is 0.0259. The predicted molar refractivity (Wildman–Crippen MR) is 74.4 cm³/mol. The van der Waals surface area contributed by atoms with Crippen molar-refractivity contribution in [2.45, 2.75) is 25.0 Å². The van der Waals surface area contributed by atoms with E-state index in [0.29, 0.717) is 23.3 Å². The largest absolute Gasteiger partial charge is 0.463 e. The molecule has 2 nitrogen and oxygen atoms in total. The van der Waals surface area contributed by atoms with Crippen LogP contribution >= 0.6 is 11.8 Å². The van der Waals surface area contributed by atoms with Gasteiger partial charge in [-0.1, -0.05) is 11.8 Å². The van der Waals surface area contributed by atoms with Gasteiger partial charge in [0.2, 0.25) is 0 Å². The third-order valence-electron chi connectivity index (χ3n) is 2.77. The van der Waals surface area contributed by atoms with Gasteiger partial charge in [0.05, 0.1) is 18.0 Å². The number of thioether (sulfide) groups is 1. The molecular weight excluding hydrogens is 306 g/mol. The average Bonchev–Trinajstić information content (AvgIpc) is 2.87. The first-order valence-corrected chi connectivity index (χ1v) is 7.17. The summed E-state index contributed by atoms with van der Waals surface area (Å²) in [5.41, 5.74) is 0.250. The maximum absolute atomic E-state index is 13.6. The van der Waals surface area contributed by atoms with Gasteiger partial charge in [-0.05, 0) is 30.7 Å². The summed E-state index contributed by atoms with van der Waals surface area (Å²) in [6.07, 6.45) is 0.